The highest BCUT2D eigenvalue weighted by molar-refractivity contribution is 6.62. The molecule has 0 saturated carbocycles. The first-order chi connectivity index (χ1) is 28.6. The van der Waals surface area contributed by atoms with Gasteiger partial charge >= 0.3 is 14.2 Å². The number of anilines is 3. The van der Waals surface area contributed by atoms with Gasteiger partial charge in [-0.1, -0.05) is 145 Å². The SMILES string of the molecule is CCCCCCCCC1(CCCCCCCC)c2ccccc2-c2ccc(N(c3ccc(B4OC(C)(C)C(C)(C)O4)cc3)c3ccc(B4OC(C)(C)C(C)(C)O4)cc3)cc21. The first kappa shape index (κ1) is 44.7. The van der Waals surface area contributed by atoms with E-state index in [0.717, 1.165) is 22.3 Å². The van der Waals surface area contributed by atoms with Crippen molar-refractivity contribution < 1.29 is 18.6 Å². The molecule has 3 aliphatic rings. The molecule has 0 spiro atoms. The number of hydrogen-bond acceptors (Lipinski definition) is 5. The lowest BCUT2D eigenvalue weighted by atomic mass is 9.70. The fraction of sp³-hybridized carbons (Fsp3) is 0.547. The highest BCUT2D eigenvalue weighted by Crippen LogP contribution is 2.55. The first-order valence-electron chi connectivity index (χ1n) is 23.6. The topological polar surface area (TPSA) is 40.2 Å². The quantitative estimate of drug-likeness (QED) is 0.0697. The molecule has 0 bridgehead atoms. The highest BCUT2D eigenvalue weighted by Gasteiger charge is 2.53. The summed E-state index contributed by atoms with van der Waals surface area (Å²) in [5.74, 6) is 0. The van der Waals surface area contributed by atoms with Gasteiger partial charge in [-0.2, -0.15) is 0 Å². The van der Waals surface area contributed by atoms with Gasteiger partial charge < -0.3 is 23.5 Å². The van der Waals surface area contributed by atoms with Gasteiger partial charge in [-0.3, -0.25) is 0 Å². The van der Waals surface area contributed by atoms with E-state index >= 15 is 0 Å². The van der Waals surface area contributed by atoms with Gasteiger partial charge in [0.25, 0.3) is 0 Å². The van der Waals surface area contributed by atoms with Crippen LogP contribution in [0.25, 0.3) is 11.1 Å². The summed E-state index contributed by atoms with van der Waals surface area (Å²) >= 11 is 0. The average molecular weight is 810 g/mol. The van der Waals surface area contributed by atoms with Crippen molar-refractivity contribution in [1.82, 2.24) is 0 Å². The standard InChI is InChI=1S/C53H73B2NO4/c1-11-13-15-17-19-23-37-53(38-24-20-18-16-14-12-2)47-26-22-21-25-45(47)46-36-35-44(39-48(46)53)56(42-31-27-40(28-32-42)54-57-49(3,4)50(5,6)58-54)43-33-29-41(30-34-43)55-59-51(7,8)52(9,10)60-55/h21-22,25-36,39H,11-20,23-24,37-38H2,1-10H3. The summed E-state index contributed by atoms with van der Waals surface area (Å²) in [5.41, 5.74) is 9.62. The second kappa shape index (κ2) is 18.2. The van der Waals surface area contributed by atoms with Gasteiger partial charge in [0, 0.05) is 22.5 Å². The first-order valence-corrected chi connectivity index (χ1v) is 23.6. The summed E-state index contributed by atoms with van der Waals surface area (Å²) in [6, 6.07) is 34.2. The van der Waals surface area contributed by atoms with Crippen LogP contribution in [0.15, 0.2) is 91.0 Å². The summed E-state index contributed by atoms with van der Waals surface area (Å²) in [6.07, 6.45) is 18.0. The fourth-order valence-corrected chi connectivity index (χ4v) is 9.63. The zero-order chi connectivity index (χ0) is 42.8. The molecule has 2 saturated heterocycles. The van der Waals surface area contributed by atoms with Crippen molar-refractivity contribution in [2.75, 3.05) is 4.90 Å². The van der Waals surface area contributed by atoms with Gasteiger partial charge in [-0.05, 0) is 138 Å². The number of unbranched alkanes of at least 4 members (excludes halogenated alkanes) is 10. The van der Waals surface area contributed by atoms with Crippen LogP contribution in [0, 0.1) is 0 Å². The van der Waals surface area contributed by atoms with Crippen LogP contribution >= 0.6 is 0 Å². The van der Waals surface area contributed by atoms with Crippen molar-refractivity contribution in [3.63, 3.8) is 0 Å². The van der Waals surface area contributed by atoms with Gasteiger partial charge in [0.15, 0.2) is 0 Å². The molecular weight excluding hydrogens is 736 g/mol. The van der Waals surface area contributed by atoms with E-state index in [9.17, 15) is 0 Å². The van der Waals surface area contributed by atoms with E-state index in [2.05, 4.69) is 165 Å². The maximum absolute atomic E-state index is 6.47. The minimum atomic E-state index is -0.417. The Morgan fingerprint density at radius 2 is 0.800 bits per heavy atom. The third kappa shape index (κ3) is 8.94. The minimum absolute atomic E-state index is 0.00957. The molecule has 0 atom stereocenters. The number of fused-ring (bicyclic) bond motifs is 3. The number of benzene rings is 4. The Morgan fingerprint density at radius 1 is 0.417 bits per heavy atom. The van der Waals surface area contributed by atoms with Crippen LogP contribution in [0.3, 0.4) is 0 Å². The van der Waals surface area contributed by atoms with Crippen LogP contribution in [-0.2, 0) is 24.0 Å². The molecular formula is C53H73B2NO4. The second-order valence-corrected chi connectivity index (χ2v) is 20.1. The van der Waals surface area contributed by atoms with Crippen molar-refractivity contribution >= 4 is 42.2 Å². The van der Waals surface area contributed by atoms with E-state index < -0.39 is 36.6 Å². The second-order valence-electron chi connectivity index (χ2n) is 20.1. The van der Waals surface area contributed by atoms with Crippen LogP contribution < -0.4 is 15.8 Å². The van der Waals surface area contributed by atoms with Crippen LogP contribution in [-0.4, -0.2) is 36.6 Å². The van der Waals surface area contributed by atoms with Gasteiger partial charge in [0.05, 0.1) is 22.4 Å². The van der Waals surface area contributed by atoms with Gasteiger partial charge in [-0.15, -0.1) is 0 Å². The molecule has 60 heavy (non-hydrogen) atoms. The van der Waals surface area contributed by atoms with Crippen molar-refractivity contribution in [3.05, 3.63) is 102 Å². The lowest BCUT2D eigenvalue weighted by Gasteiger charge is -2.34. The lowest BCUT2D eigenvalue weighted by molar-refractivity contribution is 0.00578. The predicted octanol–water partition coefficient (Wildman–Crippen LogP) is 13.5. The molecule has 4 aromatic carbocycles. The van der Waals surface area contributed by atoms with Crippen LogP contribution in [0.5, 0.6) is 0 Å². The lowest BCUT2D eigenvalue weighted by Crippen LogP contribution is -2.41. The molecule has 1 aliphatic carbocycles. The average Bonchev–Trinajstić information content (AvgIpc) is 3.72. The fourth-order valence-electron chi connectivity index (χ4n) is 9.63. The van der Waals surface area contributed by atoms with E-state index in [1.165, 1.54) is 118 Å². The van der Waals surface area contributed by atoms with Crippen molar-refractivity contribution in [1.29, 1.82) is 0 Å². The number of hydrogen-bond donors (Lipinski definition) is 0. The van der Waals surface area contributed by atoms with Gasteiger partial charge in [0.2, 0.25) is 0 Å². The third-order valence-electron chi connectivity index (χ3n) is 14.8. The van der Waals surface area contributed by atoms with Crippen LogP contribution in [0.4, 0.5) is 17.1 Å². The predicted molar refractivity (Wildman–Crippen MR) is 255 cm³/mol. The molecule has 5 nitrogen and oxygen atoms in total. The molecule has 2 aliphatic heterocycles. The third-order valence-corrected chi connectivity index (χ3v) is 14.8. The Kier molecular flexibility index (Phi) is 13.5. The highest BCUT2D eigenvalue weighted by atomic mass is 16.7. The minimum Gasteiger partial charge on any atom is -0.399 e. The molecule has 0 unspecified atom stereocenters. The molecule has 7 heteroatoms. The Bertz CT molecular complexity index is 1910. The van der Waals surface area contributed by atoms with E-state index in [-0.39, 0.29) is 5.41 Å². The zero-order valence-electron chi connectivity index (χ0n) is 38.8. The normalized spacial score (nSPS) is 19.1. The van der Waals surface area contributed by atoms with E-state index in [4.69, 9.17) is 18.6 Å². The maximum Gasteiger partial charge on any atom is 0.494 e. The smallest absolute Gasteiger partial charge is 0.399 e. The molecule has 0 radical (unpaired) electrons. The number of rotatable bonds is 19. The molecule has 0 amide bonds. The largest absolute Gasteiger partial charge is 0.494 e. The van der Waals surface area contributed by atoms with Crippen LogP contribution in [0.1, 0.15) is 170 Å². The molecule has 4 aromatic rings. The molecule has 2 heterocycles. The summed E-state index contributed by atoms with van der Waals surface area (Å²) in [7, 11) is -0.834. The Morgan fingerprint density at radius 3 is 1.25 bits per heavy atom. The monoisotopic (exact) mass is 810 g/mol. The summed E-state index contributed by atoms with van der Waals surface area (Å²) in [4.78, 5) is 2.42. The molecule has 320 valence electrons. The van der Waals surface area contributed by atoms with Crippen molar-refractivity contribution in [2.24, 2.45) is 0 Å². The van der Waals surface area contributed by atoms with Gasteiger partial charge in [0.1, 0.15) is 0 Å². The summed E-state index contributed by atoms with van der Waals surface area (Å²) < 4.78 is 25.9. The van der Waals surface area contributed by atoms with Crippen LogP contribution in [0.2, 0.25) is 0 Å². The molecule has 2 fully saturated rings. The van der Waals surface area contributed by atoms with E-state index in [1.54, 1.807) is 0 Å². The summed E-state index contributed by atoms with van der Waals surface area (Å²) in [6.45, 7) is 21.5. The number of nitrogens with zero attached hydrogens (tertiary/aromatic N) is 1. The molecule has 0 N–H and O–H groups in total. The van der Waals surface area contributed by atoms with Gasteiger partial charge in [-0.25, -0.2) is 0 Å². The molecule has 7 rings (SSSR count). The van der Waals surface area contributed by atoms with Crippen molar-refractivity contribution in [2.45, 2.75) is 187 Å². The molecule has 0 aromatic heterocycles. The maximum atomic E-state index is 6.47. The Balaban J connectivity index is 1.28. The van der Waals surface area contributed by atoms with E-state index in [0.29, 0.717) is 0 Å². The van der Waals surface area contributed by atoms with Crippen molar-refractivity contribution in [3.8, 4) is 11.1 Å². The Hall–Kier alpha value is -3.35. The zero-order valence-corrected chi connectivity index (χ0v) is 38.8. The summed E-state index contributed by atoms with van der Waals surface area (Å²) in [5, 5.41) is 0. The van der Waals surface area contributed by atoms with E-state index in [1.807, 2.05) is 0 Å². The Labute approximate surface area is 364 Å².